The lowest BCUT2D eigenvalue weighted by Crippen LogP contribution is -2.49. The molecule has 0 amide bonds. The summed E-state index contributed by atoms with van der Waals surface area (Å²) in [5.74, 6) is 1.16. The Bertz CT molecular complexity index is 1230. The van der Waals surface area contributed by atoms with Crippen LogP contribution in [0.2, 0.25) is 0 Å². The van der Waals surface area contributed by atoms with E-state index in [1.54, 1.807) is 12.1 Å². The monoisotopic (exact) mass is 533 g/mol. The first-order valence-electron chi connectivity index (χ1n) is 15.0. The standard InChI is InChI=1S/C33H44FN3O2/c1-23(2)31-27-16-15-26(34)22-25(27)17-18-33(31,39-32(38)24-10-5-4-6-11-24)19-21-37(3)20-9-14-30-35-28-12-7-8-13-29(28)36-30/h7-8,12-13,15-16,22-24,31H,4-6,9-11,14,17-21H2,1-3H3,(H,35,36)/t31-,33-/m0/s1. The van der Waals surface area contributed by atoms with Crippen molar-refractivity contribution in [3.05, 3.63) is 65.2 Å². The van der Waals surface area contributed by atoms with Crippen LogP contribution in [0.15, 0.2) is 42.5 Å². The molecule has 39 heavy (non-hydrogen) atoms. The Morgan fingerprint density at radius 2 is 1.95 bits per heavy atom. The fourth-order valence-electron chi connectivity index (χ4n) is 7.05. The van der Waals surface area contributed by atoms with E-state index >= 15 is 0 Å². The van der Waals surface area contributed by atoms with Gasteiger partial charge in [0.25, 0.3) is 0 Å². The number of fused-ring (bicyclic) bond motifs is 2. The number of benzene rings is 2. The van der Waals surface area contributed by atoms with Crippen molar-refractivity contribution in [1.29, 1.82) is 0 Å². The number of hydrogen-bond donors (Lipinski definition) is 1. The molecule has 2 aliphatic rings. The number of ether oxygens (including phenoxy) is 1. The second-order valence-corrected chi connectivity index (χ2v) is 12.2. The van der Waals surface area contributed by atoms with Crippen molar-refractivity contribution in [2.24, 2.45) is 11.8 Å². The van der Waals surface area contributed by atoms with Gasteiger partial charge in [0, 0.05) is 25.3 Å². The van der Waals surface area contributed by atoms with Crippen LogP contribution >= 0.6 is 0 Å². The van der Waals surface area contributed by atoms with Crippen LogP contribution < -0.4 is 0 Å². The van der Waals surface area contributed by atoms with Gasteiger partial charge in [0.05, 0.1) is 17.0 Å². The number of rotatable bonds is 10. The molecule has 6 heteroatoms. The van der Waals surface area contributed by atoms with Gasteiger partial charge in [0.2, 0.25) is 0 Å². The Kier molecular flexibility index (Phi) is 8.70. The molecule has 3 aromatic rings. The third kappa shape index (κ3) is 6.37. The van der Waals surface area contributed by atoms with Crippen LogP contribution in [-0.2, 0) is 22.4 Å². The number of esters is 1. The molecule has 210 valence electrons. The number of carbonyl (C=O) groups excluding carboxylic acids is 1. The van der Waals surface area contributed by atoms with Crippen LogP contribution in [-0.4, -0.2) is 46.6 Å². The maximum atomic E-state index is 14.1. The normalized spacial score (nSPS) is 21.9. The molecule has 0 saturated heterocycles. The zero-order valence-electron chi connectivity index (χ0n) is 23.8. The number of aromatic amines is 1. The van der Waals surface area contributed by atoms with E-state index in [1.807, 2.05) is 24.3 Å². The minimum absolute atomic E-state index is 0.0135. The van der Waals surface area contributed by atoms with E-state index in [4.69, 9.17) is 9.72 Å². The topological polar surface area (TPSA) is 58.2 Å². The van der Waals surface area contributed by atoms with E-state index in [-0.39, 0.29) is 29.5 Å². The van der Waals surface area contributed by atoms with Gasteiger partial charge in [-0.3, -0.25) is 4.79 Å². The Balaban J connectivity index is 1.29. The fourth-order valence-corrected chi connectivity index (χ4v) is 7.05. The summed E-state index contributed by atoms with van der Waals surface area (Å²) in [7, 11) is 2.16. The minimum atomic E-state index is -0.569. The summed E-state index contributed by atoms with van der Waals surface area (Å²) < 4.78 is 20.8. The van der Waals surface area contributed by atoms with Gasteiger partial charge in [-0.1, -0.05) is 51.3 Å². The SMILES string of the molecule is CC(C)[C@H]1c2ccc(F)cc2CC[C@@]1(CCN(C)CCCc1nc2ccccc2[nH]1)OC(=O)C1CCCCC1. The van der Waals surface area contributed by atoms with Crippen LogP contribution in [0.1, 0.15) is 88.1 Å². The summed E-state index contributed by atoms with van der Waals surface area (Å²) in [4.78, 5) is 24.0. The van der Waals surface area contributed by atoms with Crippen molar-refractivity contribution in [2.75, 3.05) is 20.1 Å². The highest BCUT2D eigenvalue weighted by Gasteiger charge is 2.48. The number of nitrogens with one attached hydrogen (secondary N) is 1. The lowest BCUT2D eigenvalue weighted by atomic mass is 9.65. The van der Waals surface area contributed by atoms with Gasteiger partial charge in [0.1, 0.15) is 17.2 Å². The number of aromatic nitrogens is 2. The molecular formula is C33H44FN3O2. The van der Waals surface area contributed by atoms with Crippen LogP contribution in [0, 0.1) is 17.7 Å². The molecule has 0 spiro atoms. The number of hydrogen-bond acceptors (Lipinski definition) is 4. The highest BCUT2D eigenvalue weighted by Crippen LogP contribution is 2.48. The first-order chi connectivity index (χ1) is 18.8. The van der Waals surface area contributed by atoms with E-state index in [0.29, 0.717) is 0 Å². The van der Waals surface area contributed by atoms with E-state index in [0.717, 1.165) is 98.9 Å². The van der Waals surface area contributed by atoms with Gasteiger partial charge >= 0.3 is 5.97 Å². The van der Waals surface area contributed by atoms with Crippen molar-refractivity contribution >= 4 is 17.0 Å². The quantitative estimate of drug-likeness (QED) is 0.280. The number of imidazole rings is 1. The zero-order valence-corrected chi connectivity index (χ0v) is 23.8. The van der Waals surface area contributed by atoms with Crippen LogP contribution in [0.3, 0.4) is 0 Å². The molecule has 0 bridgehead atoms. The van der Waals surface area contributed by atoms with Gasteiger partial charge in [0.15, 0.2) is 0 Å². The second kappa shape index (κ2) is 12.2. The number of nitrogens with zero attached hydrogens (tertiary/aromatic N) is 2. The highest BCUT2D eigenvalue weighted by molar-refractivity contribution is 5.74. The average molecular weight is 534 g/mol. The van der Waals surface area contributed by atoms with Crippen molar-refractivity contribution < 1.29 is 13.9 Å². The molecule has 2 aromatic carbocycles. The molecule has 1 fully saturated rings. The number of H-pyrrole nitrogens is 1. The fraction of sp³-hybridized carbons (Fsp3) is 0.576. The summed E-state index contributed by atoms with van der Waals surface area (Å²) in [6.07, 6.45) is 9.47. The molecule has 5 nitrogen and oxygen atoms in total. The Morgan fingerprint density at radius 3 is 2.72 bits per heavy atom. The number of aryl methyl sites for hydroxylation is 2. The highest BCUT2D eigenvalue weighted by atomic mass is 19.1. The molecule has 2 atom stereocenters. The molecule has 0 aliphatic heterocycles. The summed E-state index contributed by atoms with van der Waals surface area (Å²) in [5, 5.41) is 0. The van der Waals surface area contributed by atoms with E-state index in [9.17, 15) is 9.18 Å². The van der Waals surface area contributed by atoms with E-state index in [2.05, 4.69) is 36.8 Å². The average Bonchev–Trinajstić information content (AvgIpc) is 3.35. The zero-order chi connectivity index (χ0) is 27.4. The molecular weight excluding hydrogens is 489 g/mol. The van der Waals surface area contributed by atoms with Crippen LogP contribution in [0.25, 0.3) is 11.0 Å². The van der Waals surface area contributed by atoms with Gasteiger partial charge in [-0.15, -0.1) is 0 Å². The van der Waals surface area contributed by atoms with Crippen LogP contribution in [0.5, 0.6) is 0 Å². The first-order valence-corrected chi connectivity index (χ1v) is 15.0. The maximum Gasteiger partial charge on any atom is 0.309 e. The molecule has 1 saturated carbocycles. The van der Waals surface area contributed by atoms with Gasteiger partial charge < -0.3 is 14.6 Å². The van der Waals surface area contributed by atoms with E-state index in [1.165, 1.54) is 6.42 Å². The molecule has 1 heterocycles. The predicted octanol–water partition coefficient (Wildman–Crippen LogP) is 7.20. The van der Waals surface area contributed by atoms with Crippen molar-refractivity contribution in [3.63, 3.8) is 0 Å². The van der Waals surface area contributed by atoms with Gasteiger partial charge in [-0.2, -0.15) is 0 Å². The van der Waals surface area contributed by atoms with Crippen molar-refractivity contribution in [2.45, 2.75) is 89.6 Å². The maximum absolute atomic E-state index is 14.1. The van der Waals surface area contributed by atoms with E-state index < -0.39 is 5.60 Å². The molecule has 1 aromatic heterocycles. The minimum Gasteiger partial charge on any atom is -0.458 e. The van der Waals surface area contributed by atoms with Crippen molar-refractivity contribution in [1.82, 2.24) is 14.9 Å². The van der Waals surface area contributed by atoms with Gasteiger partial charge in [-0.05, 0) is 87.0 Å². The number of carbonyl (C=O) groups is 1. The van der Waals surface area contributed by atoms with Crippen molar-refractivity contribution in [3.8, 4) is 0 Å². The Hall–Kier alpha value is -2.73. The number of para-hydroxylation sites is 2. The summed E-state index contributed by atoms with van der Waals surface area (Å²) in [6, 6.07) is 13.3. The largest absolute Gasteiger partial charge is 0.458 e. The molecule has 2 aliphatic carbocycles. The lowest BCUT2D eigenvalue weighted by Gasteiger charge is -2.47. The Labute approximate surface area is 232 Å². The summed E-state index contributed by atoms with van der Waals surface area (Å²) in [6.45, 7) is 6.21. The molecule has 0 radical (unpaired) electrons. The third-order valence-corrected chi connectivity index (χ3v) is 9.04. The molecule has 5 rings (SSSR count). The van der Waals surface area contributed by atoms with Gasteiger partial charge in [-0.25, -0.2) is 9.37 Å². The second-order valence-electron chi connectivity index (χ2n) is 12.2. The van der Waals surface area contributed by atoms with Crippen LogP contribution in [0.4, 0.5) is 4.39 Å². The Morgan fingerprint density at radius 1 is 1.15 bits per heavy atom. The molecule has 0 unspecified atom stereocenters. The third-order valence-electron chi connectivity index (χ3n) is 9.04. The molecule has 1 N–H and O–H groups in total. The summed E-state index contributed by atoms with van der Waals surface area (Å²) in [5.41, 5.74) is 3.75. The lowest BCUT2D eigenvalue weighted by molar-refractivity contribution is -0.174. The predicted molar refractivity (Wildman–Crippen MR) is 154 cm³/mol. The number of halogens is 1. The smallest absolute Gasteiger partial charge is 0.309 e. The summed E-state index contributed by atoms with van der Waals surface area (Å²) >= 11 is 0. The first kappa shape index (κ1) is 27.8.